The predicted molar refractivity (Wildman–Crippen MR) is 75.4 cm³/mol. The summed E-state index contributed by atoms with van der Waals surface area (Å²) in [6.07, 6.45) is 1.83. The lowest BCUT2D eigenvalue weighted by molar-refractivity contribution is 0.0900. The highest BCUT2D eigenvalue weighted by Gasteiger charge is 2.23. The van der Waals surface area contributed by atoms with Crippen molar-refractivity contribution in [2.75, 3.05) is 5.43 Å². The van der Waals surface area contributed by atoms with E-state index in [1.54, 1.807) is 12.1 Å². The average molecular weight is 249 g/mol. The molecule has 18 heavy (non-hydrogen) atoms. The van der Waals surface area contributed by atoms with Gasteiger partial charge in [-0.2, -0.15) is 0 Å². The number of amides is 1. The molecule has 0 aliphatic heterocycles. The molecule has 0 bridgehead atoms. The van der Waals surface area contributed by atoms with Crippen LogP contribution in [0, 0.1) is 6.92 Å². The Hall–Kier alpha value is -1.55. The maximum absolute atomic E-state index is 12.2. The molecule has 0 saturated heterocycles. The van der Waals surface area contributed by atoms with E-state index < -0.39 is 0 Å². The Kier molecular flexibility index (Phi) is 4.73. The summed E-state index contributed by atoms with van der Waals surface area (Å²) in [6, 6.07) is 5.47. The van der Waals surface area contributed by atoms with Crippen LogP contribution in [0.1, 0.15) is 49.5 Å². The lowest BCUT2D eigenvalue weighted by Crippen LogP contribution is -2.45. The lowest BCUT2D eigenvalue weighted by Gasteiger charge is -2.28. The fraction of sp³-hybridized carbons (Fsp3) is 0.500. The smallest absolute Gasteiger partial charge is 0.251 e. The highest BCUT2D eigenvalue weighted by atomic mass is 16.1. The Morgan fingerprint density at radius 3 is 2.39 bits per heavy atom. The molecule has 1 aromatic rings. The minimum absolute atomic E-state index is 0.0257. The van der Waals surface area contributed by atoms with Gasteiger partial charge in [-0.1, -0.05) is 13.8 Å². The van der Waals surface area contributed by atoms with Crippen LogP contribution in [0.5, 0.6) is 0 Å². The predicted octanol–water partition coefficient (Wildman–Crippen LogP) is 2.59. The SMILES string of the molecule is CCC(C)(CC)NC(=O)c1ccc(NN)cc1C. The summed E-state index contributed by atoms with van der Waals surface area (Å²) in [5, 5.41) is 3.10. The molecule has 1 amide bonds. The zero-order valence-corrected chi connectivity index (χ0v) is 11.6. The van der Waals surface area contributed by atoms with E-state index in [0.717, 1.165) is 24.1 Å². The number of nitrogen functional groups attached to an aromatic ring is 1. The Morgan fingerprint density at radius 2 is 1.94 bits per heavy atom. The van der Waals surface area contributed by atoms with Gasteiger partial charge in [0.1, 0.15) is 0 Å². The standard InChI is InChI=1S/C14H23N3O/c1-5-14(4,6-2)16-13(18)12-8-7-11(17-15)9-10(12)3/h7-9,17H,5-6,15H2,1-4H3,(H,16,18). The number of hydrogen-bond acceptors (Lipinski definition) is 3. The topological polar surface area (TPSA) is 67.2 Å². The van der Waals surface area contributed by atoms with Gasteiger partial charge in [-0.25, -0.2) is 0 Å². The van der Waals surface area contributed by atoms with Crippen LogP contribution in [0.2, 0.25) is 0 Å². The lowest BCUT2D eigenvalue weighted by atomic mass is 9.94. The molecule has 0 spiro atoms. The van der Waals surface area contributed by atoms with Gasteiger partial charge >= 0.3 is 0 Å². The Balaban J connectivity index is 2.91. The quantitative estimate of drug-likeness (QED) is 0.555. The highest BCUT2D eigenvalue weighted by Crippen LogP contribution is 2.18. The molecule has 1 rings (SSSR count). The first-order valence-electron chi connectivity index (χ1n) is 6.35. The van der Waals surface area contributed by atoms with Gasteiger partial charge in [-0.05, 0) is 50.5 Å². The zero-order chi connectivity index (χ0) is 13.8. The summed E-state index contributed by atoms with van der Waals surface area (Å²) in [5.74, 6) is 5.31. The number of rotatable bonds is 5. The molecule has 0 aliphatic carbocycles. The van der Waals surface area contributed by atoms with Crippen LogP contribution in [0.25, 0.3) is 0 Å². The minimum Gasteiger partial charge on any atom is -0.347 e. The van der Waals surface area contributed by atoms with Crippen LogP contribution in [-0.4, -0.2) is 11.4 Å². The van der Waals surface area contributed by atoms with E-state index in [2.05, 4.69) is 31.5 Å². The van der Waals surface area contributed by atoms with Gasteiger partial charge in [0.25, 0.3) is 5.91 Å². The third-order valence-corrected chi connectivity index (χ3v) is 3.61. The number of carbonyl (C=O) groups excluding carboxylic acids is 1. The normalized spacial score (nSPS) is 11.2. The van der Waals surface area contributed by atoms with E-state index >= 15 is 0 Å². The maximum atomic E-state index is 12.2. The summed E-state index contributed by atoms with van der Waals surface area (Å²) in [5.41, 5.74) is 4.84. The van der Waals surface area contributed by atoms with Crippen LogP contribution >= 0.6 is 0 Å². The van der Waals surface area contributed by atoms with Crippen LogP contribution in [0.15, 0.2) is 18.2 Å². The molecule has 0 radical (unpaired) electrons. The molecule has 4 N–H and O–H groups in total. The van der Waals surface area contributed by atoms with Gasteiger partial charge in [0.15, 0.2) is 0 Å². The molecular formula is C14H23N3O. The Bertz CT molecular complexity index is 425. The van der Waals surface area contributed by atoms with Gasteiger partial charge in [0.2, 0.25) is 0 Å². The number of benzene rings is 1. The van der Waals surface area contributed by atoms with E-state index in [1.807, 2.05) is 13.0 Å². The molecule has 4 nitrogen and oxygen atoms in total. The van der Waals surface area contributed by atoms with Crippen molar-refractivity contribution in [3.8, 4) is 0 Å². The van der Waals surface area contributed by atoms with Crippen LogP contribution in [-0.2, 0) is 0 Å². The summed E-state index contributed by atoms with van der Waals surface area (Å²) >= 11 is 0. The largest absolute Gasteiger partial charge is 0.347 e. The van der Waals surface area contributed by atoms with Gasteiger partial charge < -0.3 is 10.7 Å². The third kappa shape index (κ3) is 3.23. The molecule has 0 unspecified atom stereocenters. The van der Waals surface area contributed by atoms with Crippen molar-refractivity contribution in [2.45, 2.75) is 46.1 Å². The van der Waals surface area contributed by atoms with E-state index in [-0.39, 0.29) is 11.4 Å². The monoisotopic (exact) mass is 249 g/mol. The van der Waals surface area contributed by atoms with Crippen molar-refractivity contribution in [2.24, 2.45) is 5.84 Å². The van der Waals surface area contributed by atoms with E-state index in [4.69, 9.17) is 5.84 Å². The van der Waals surface area contributed by atoms with Gasteiger partial charge in [0.05, 0.1) is 0 Å². The number of hydrogen-bond donors (Lipinski definition) is 3. The number of nitrogens with two attached hydrogens (primary N) is 1. The van der Waals surface area contributed by atoms with E-state index in [1.165, 1.54) is 0 Å². The second kappa shape index (κ2) is 5.87. The number of aryl methyl sites for hydroxylation is 1. The number of hydrazine groups is 1. The third-order valence-electron chi connectivity index (χ3n) is 3.61. The van der Waals surface area contributed by atoms with Gasteiger partial charge in [-0.15, -0.1) is 0 Å². The highest BCUT2D eigenvalue weighted by molar-refractivity contribution is 5.96. The Morgan fingerprint density at radius 1 is 1.33 bits per heavy atom. The first-order valence-corrected chi connectivity index (χ1v) is 6.35. The van der Waals surface area contributed by atoms with Crippen molar-refractivity contribution >= 4 is 11.6 Å². The van der Waals surface area contributed by atoms with Crippen molar-refractivity contribution in [3.05, 3.63) is 29.3 Å². The Labute approximate surface area is 109 Å². The fourth-order valence-electron chi connectivity index (χ4n) is 1.78. The molecule has 0 heterocycles. The van der Waals surface area contributed by atoms with Crippen molar-refractivity contribution in [1.29, 1.82) is 0 Å². The molecule has 0 saturated carbocycles. The first-order chi connectivity index (χ1) is 8.45. The van der Waals surface area contributed by atoms with Crippen molar-refractivity contribution in [1.82, 2.24) is 5.32 Å². The number of carbonyl (C=O) groups is 1. The second-order valence-corrected chi connectivity index (χ2v) is 4.90. The summed E-state index contributed by atoms with van der Waals surface area (Å²) in [7, 11) is 0. The van der Waals surface area contributed by atoms with Crippen LogP contribution < -0.4 is 16.6 Å². The summed E-state index contributed by atoms with van der Waals surface area (Å²) in [6.45, 7) is 8.14. The van der Waals surface area contributed by atoms with Crippen molar-refractivity contribution in [3.63, 3.8) is 0 Å². The molecular weight excluding hydrogens is 226 g/mol. The maximum Gasteiger partial charge on any atom is 0.251 e. The molecule has 0 fully saturated rings. The van der Waals surface area contributed by atoms with Crippen LogP contribution in [0.3, 0.4) is 0 Å². The van der Waals surface area contributed by atoms with E-state index in [9.17, 15) is 4.79 Å². The zero-order valence-electron chi connectivity index (χ0n) is 11.6. The fourth-order valence-corrected chi connectivity index (χ4v) is 1.78. The molecule has 0 aromatic heterocycles. The van der Waals surface area contributed by atoms with Gasteiger partial charge in [-0.3, -0.25) is 10.6 Å². The van der Waals surface area contributed by atoms with Crippen molar-refractivity contribution < 1.29 is 4.79 Å². The first kappa shape index (κ1) is 14.5. The second-order valence-electron chi connectivity index (χ2n) is 4.90. The molecule has 4 heteroatoms. The average Bonchev–Trinajstić information content (AvgIpc) is 2.38. The molecule has 100 valence electrons. The molecule has 0 atom stereocenters. The van der Waals surface area contributed by atoms with E-state index in [0.29, 0.717) is 5.56 Å². The molecule has 1 aromatic carbocycles. The summed E-state index contributed by atoms with van der Waals surface area (Å²) < 4.78 is 0. The number of nitrogens with one attached hydrogen (secondary N) is 2. The molecule has 0 aliphatic rings. The minimum atomic E-state index is -0.145. The number of anilines is 1. The van der Waals surface area contributed by atoms with Crippen LogP contribution in [0.4, 0.5) is 5.69 Å². The summed E-state index contributed by atoms with van der Waals surface area (Å²) in [4.78, 5) is 12.2. The van der Waals surface area contributed by atoms with Gasteiger partial charge in [0, 0.05) is 16.8 Å².